The highest BCUT2D eigenvalue weighted by Crippen LogP contribution is 2.36. The first kappa shape index (κ1) is 12.3. The molecule has 3 nitrogen and oxygen atoms in total. The van der Waals surface area contributed by atoms with Gasteiger partial charge in [0.1, 0.15) is 0 Å². The highest BCUT2D eigenvalue weighted by atomic mass is 19.1. The van der Waals surface area contributed by atoms with Crippen molar-refractivity contribution < 1.29 is 13.9 Å². The molecule has 0 aliphatic rings. The van der Waals surface area contributed by atoms with Gasteiger partial charge in [0.15, 0.2) is 11.5 Å². The maximum atomic E-state index is 13.9. The predicted octanol–water partition coefficient (Wildman–Crippen LogP) is 2.78. The van der Waals surface area contributed by atoms with E-state index in [1.807, 2.05) is 0 Å². The van der Waals surface area contributed by atoms with Crippen LogP contribution in [0, 0.1) is 24.1 Å². The quantitative estimate of drug-likeness (QED) is 0.791. The molecule has 86 valence electrons. The maximum Gasteiger partial charge on any atom is 0.207 e. The monoisotopic (exact) mass is 223 g/mol. The molecule has 0 aliphatic heterocycles. The Morgan fingerprint density at radius 3 is 2.31 bits per heavy atom. The first-order valence-corrected chi connectivity index (χ1v) is 4.87. The van der Waals surface area contributed by atoms with Crippen molar-refractivity contribution in [3.05, 3.63) is 23.0 Å². The molecule has 1 unspecified atom stereocenters. The molecule has 1 rings (SSSR count). The third-order valence-corrected chi connectivity index (χ3v) is 2.46. The van der Waals surface area contributed by atoms with Gasteiger partial charge in [0.2, 0.25) is 5.82 Å². The fraction of sp³-hybridized carbons (Fsp3) is 0.417. The summed E-state index contributed by atoms with van der Waals surface area (Å²) in [6.07, 6.45) is 0. The molecule has 0 aliphatic carbocycles. The van der Waals surface area contributed by atoms with Gasteiger partial charge >= 0.3 is 0 Å². The van der Waals surface area contributed by atoms with Crippen LogP contribution >= 0.6 is 0 Å². The molecule has 1 aromatic carbocycles. The molecule has 0 fully saturated rings. The Kier molecular flexibility index (Phi) is 3.73. The normalized spacial score (nSPS) is 11.8. The zero-order valence-electron chi connectivity index (χ0n) is 9.80. The molecule has 0 spiro atoms. The van der Waals surface area contributed by atoms with Gasteiger partial charge in [-0.15, -0.1) is 0 Å². The van der Waals surface area contributed by atoms with Crippen LogP contribution in [0.15, 0.2) is 6.07 Å². The van der Waals surface area contributed by atoms with Crippen LogP contribution in [-0.4, -0.2) is 14.2 Å². The molecule has 1 atom stereocenters. The molecule has 0 amide bonds. The van der Waals surface area contributed by atoms with E-state index in [0.717, 1.165) is 0 Å². The second-order valence-corrected chi connectivity index (χ2v) is 3.51. The zero-order valence-corrected chi connectivity index (χ0v) is 9.80. The molecule has 16 heavy (non-hydrogen) atoms. The Bertz CT molecular complexity index is 438. The standard InChI is InChI=1S/C12H14FNO2/c1-7-5-9(8(2)6-14)12(16-4)10(13)11(7)15-3/h5,8H,1-4H3. The van der Waals surface area contributed by atoms with Crippen molar-refractivity contribution in [3.63, 3.8) is 0 Å². The summed E-state index contributed by atoms with van der Waals surface area (Å²) >= 11 is 0. The minimum atomic E-state index is -0.554. The summed E-state index contributed by atoms with van der Waals surface area (Å²) in [6.45, 7) is 3.43. The van der Waals surface area contributed by atoms with E-state index in [9.17, 15) is 4.39 Å². The van der Waals surface area contributed by atoms with Gasteiger partial charge in [0.25, 0.3) is 0 Å². The van der Waals surface area contributed by atoms with Crippen LogP contribution in [0.3, 0.4) is 0 Å². The average Bonchev–Trinajstić information content (AvgIpc) is 2.28. The van der Waals surface area contributed by atoms with Gasteiger partial charge < -0.3 is 9.47 Å². The predicted molar refractivity (Wildman–Crippen MR) is 58.3 cm³/mol. The number of benzene rings is 1. The minimum absolute atomic E-state index is 0.0801. The highest BCUT2D eigenvalue weighted by Gasteiger charge is 2.21. The van der Waals surface area contributed by atoms with E-state index in [0.29, 0.717) is 11.1 Å². The lowest BCUT2D eigenvalue weighted by atomic mass is 9.98. The lowest BCUT2D eigenvalue weighted by Crippen LogP contribution is -2.02. The fourth-order valence-electron chi connectivity index (χ4n) is 1.62. The number of aryl methyl sites for hydroxylation is 1. The molecule has 0 saturated carbocycles. The van der Waals surface area contributed by atoms with E-state index in [1.54, 1.807) is 19.9 Å². The van der Waals surface area contributed by atoms with E-state index in [-0.39, 0.29) is 11.5 Å². The Hall–Kier alpha value is -1.76. The molecular weight excluding hydrogens is 209 g/mol. The molecule has 0 heterocycles. The number of rotatable bonds is 3. The summed E-state index contributed by atoms with van der Waals surface area (Å²) in [4.78, 5) is 0. The van der Waals surface area contributed by atoms with Crippen molar-refractivity contribution in [2.45, 2.75) is 19.8 Å². The molecule has 0 bridgehead atoms. The molecular formula is C12H14FNO2. The first-order chi connectivity index (χ1) is 7.56. The SMILES string of the molecule is COc1c(C)cc(C(C)C#N)c(OC)c1F. The third kappa shape index (κ3) is 1.94. The maximum absolute atomic E-state index is 13.9. The second-order valence-electron chi connectivity index (χ2n) is 3.51. The third-order valence-electron chi connectivity index (χ3n) is 2.46. The number of hydrogen-bond acceptors (Lipinski definition) is 3. The van der Waals surface area contributed by atoms with Crippen molar-refractivity contribution in [1.29, 1.82) is 5.26 Å². The summed E-state index contributed by atoms with van der Waals surface area (Å²) in [5.74, 6) is -0.738. The molecule has 0 N–H and O–H groups in total. The zero-order chi connectivity index (χ0) is 12.3. The van der Waals surface area contributed by atoms with Gasteiger partial charge in [0, 0.05) is 5.56 Å². The van der Waals surface area contributed by atoms with E-state index in [2.05, 4.69) is 6.07 Å². The fourth-order valence-corrected chi connectivity index (χ4v) is 1.62. The van der Waals surface area contributed by atoms with Crippen LogP contribution < -0.4 is 9.47 Å². The van der Waals surface area contributed by atoms with Gasteiger partial charge in [-0.1, -0.05) is 0 Å². The number of nitriles is 1. The van der Waals surface area contributed by atoms with Crippen LogP contribution in [0.5, 0.6) is 11.5 Å². The van der Waals surface area contributed by atoms with Crippen molar-refractivity contribution in [3.8, 4) is 17.6 Å². The molecule has 0 aromatic heterocycles. The lowest BCUT2D eigenvalue weighted by molar-refractivity contribution is 0.345. The Morgan fingerprint density at radius 1 is 1.31 bits per heavy atom. The molecule has 0 saturated heterocycles. The minimum Gasteiger partial charge on any atom is -0.493 e. The topological polar surface area (TPSA) is 42.2 Å². The second kappa shape index (κ2) is 4.84. The Balaban J connectivity index is 3.48. The highest BCUT2D eigenvalue weighted by molar-refractivity contribution is 5.50. The van der Waals surface area contributed by atoms with Crippen molar-refractivity contribution >= 4 is 0 Å². The molecule has 4 heteroatoms. The molecule has 0 radical (unpaired) electrons. The van der Waals surface area contributed by atoms with Gasteiger partial charge in [-0.2, -0.15) is 9.65 Å². The van der Waals surface area contributed by atoms with Gasteiger partial charge in [-0.3, -0.25) is 0 Å². The van der Waals surface area contributed by atoms with Crippen LogP contribution in [0.4, 0.5) is 4.39 Å². The van der Waals surface area contributed by atoms with Crippen LogP contribution in [0.1, 0.15) is 24.0 Å². The van der Waals surface area contributed by atoms with Crippen LogP contribution in [0.25, 0.3) is 0 Å². The summed E-state index contributed by atoms with van der Waals surface area (Å²) in [5, 5.41) is 8.86. The Labute approximate surface area is 94.4 Å². The smallest absolute Gasteiger partial charge is 0.207 e. The van der Waals surface area contributed by atoms with E-state index in [1.165, 1.54) is 14.2 Å². The van der Waals surface area contributed by atoms with E-state index in [4.69, 9.17) is 14.7 Å². The number of ether oxygens (including phenoxy) is 2. The van der Waals surface area contributed by atoms with E-state index >= 15 is 0 Å². The molecule has 1 aromatic rings. The largest absolute Gasteiger partial charge is 0.493 e. The van der Waals surface area contributed by atoms with Crippen molar-refractivity contribution in [2.75, 3.05) is 14.2 Å². The van der Waals surface area contributed by atoms with Crippen molar-refractivity contribution in [1.82, 2.24) is 0 Å². The van der Waals surface area contributed by atoms with Crippen molar-refractivity contribution in [2.24, 2.45) is 0 Å². The van der Waals surface area contributed by atoms with Gasteiger partial charge in [-0.05, 0) is 25.5 Å². The number of halogens is 1. The number of methoxy groups -OCH3 is 2. The van der Waals surface area contributed by atoms with E-state index < -0.39 is 11.7 Å². The Morgan fingerprint density at radius 2 is 1.88 bits per heavy atom. The van der Waals surface area contributed by atoms with Crippen LogP contribution in [0.2, 0.25) is 0 Å². The number of nitrogens with zero attached hydrogens (tertiary/aromatic N) is 1. The van der Waals surface area contributed by atoms with Crippen LogP contribution in [-0.2, 0) is 0 Å². The summed E-state index contributed by atoms with van der Waals surface area (Å²) in [5.41, 5.74) is 1.19. The summed E-state index contributed by atoms with van der Waals surface area (Å²) in [6, 6.07) is 3.78. The summed E-state index contributed by atoms with van der Waals surface area (Å²) < 4.78 is 23.9. The van der Waals surface area contributed by atoms with Gasteiger partial charge in [0.05, 0.1) is 26.2 Å². The first-order valence-electron chi connectivity index (χ1n) is 4.87. The number of hydrogen-bond donors (Lipinski definition) is 0. The average molecular weight is 223 g/mol. The van der Waals surface area contributed by atoms with Gasteiger partial charge in [-0.25, -0.2) is 0 Å². The summed E-state index contributed by atoms with van der Waals surface area (Å²) in [7, 11) is 2.78. The lowest BCUT2D eigenvalue weighted by Gasteiger charge is -2.15.